The molecule has 2 aromatic carbocycles. The molecule has 0 radical (unpaired) electrons. The number of carbonyl (C=O) groups is 3. The highest BCUT2D eigenvalue weighted by Gasteiger charge is 2.32. The summed E-state index contributed by atoms with van der Waals surface area (Å²) in [6.07, 6.45) is 0. The molecule has 0 fully saturated rings. The summed E-state index contributed by atoms with van der Waals surface area (Å²) in [5.74, 6) is -1.59. The number of fused-ring (bicyclic) bond motifs is 1. The molecule has 0 spiro atoms. The maximum Gasteiger partial charge on any atom is 0.280 e. The molecule has 9 heteroatoms. The number of anilines is 1. The summed E-state index contributed by atoms with van der Waals surface area (Å²) in [4.78, 5) is 50.2. The molecule has 0 unspecified atom stereocenters. The van der Waals surface area contributed by atoms with Crippen LogP contribution in [-0.2, 0) is 0 Å². The lowest BCUT2D eigenvalue weighted by Gasteiger charge is -2.11. The standard InChI is InChI=1S/C21H15ClN4O4/c1-11-9-17(27)18(24-26(11)14-6-3-12(22)4-7-14)19(28)23-13-5-8-15-16(10-13)21(30)25(2)20(15)29/h3-10H,1-2H3,(H,23,28). The van der Waals surface area contributed by atoms with E-state index in [1.165, 1.54) is 36.0 Å². The minimum Gasteiger partial charge on any atom is -0.320 e. The van der Waals surface area contributed by atoms with Crippen LogP contribution in [0.3, 0.4) is 0 Å². The van der Waals surface area contributed by atoms with Crippen LogP contribution in [-0.4, -0.2) is 39.4 Å². The molecule has 1 aliphatic heterocycles. The highest BCUT2D eigenvalue weighted by Crippen LogP contribution is 2.25. The van der Waals surface area contributed by atoms with E-state index in [0.717, 1.165) is 4.90 Å². The fourth-order valence-electron chi connectivity index (χ4n) is 3.18. The number of carbonyl (C=O) groups excluding carboxylic acids is 3. The first-order valence-electron chi connectivity index (χ1n) is 8.91. The van der Waals surface area contributed by atoms with Gasteiger partial charge in [0.25, 0.3) is 17.7 Å². The third-order valence-electron chi connectivity index (χ3n) is 4.74. The second-order valence-electron chi connectivity index (χ2n) is 6.77. The molecule has 1 aliphatic rings. The highest BCUT2D eigenvalue weighted by atomic mass is 35.5. The lowest BCUT2D eigenvalue weighted by atomic mass is 10.1. The predicted molar refractivity (Wildman–Crippen MR) is 110 cm³/mol. The minimum absolute atomic E-state index is 0.191. The second kappa shape index (κ2) is 7.23. The summed E-state index contributed by atoms with van der Waals surface area (Å²) in [5.41, 5.74) is 1.06. The Morgan fingerprint density at radius 3 is 2.33 bits per heavy atom. The van der Waals surface area contributed by atoms with E-state index >= 15 is 0 Å². The lowest BCUT2D eigenvalue weighted by molar-refractivity contribution is 0.0692. The minimum atomic E-state index is -0.729. The Kier molecular flexibility index (Phi) is 4.71. The van der Waals surface area contributed by atoms with Crippen molar-refractivity contribution in [2.45, 2.75) is 6.92 Å². The Morgan fingerprint density at radius 2 is 1.63 bits per heavy atom. The SMILES string of the molecule is Cc1cc(=O)c(C(=O)Nc2ccc3c(c2)C(=O)N(C)C3=O)nn1-c1ccc(Cl)cc1. The molecule has 0 atom stereocenters. The predicted octanol–water partition coefficient (Wildman–Crippen LogP) is 2.67. The normalized spacial score (nSPS) is 12.8. The molecule has 8 nitrogen and oxygen atoms in total. The van der Waals surface area contributed by atoms with Gasteiger partial charge in [-0.3, -0.25) is 24.1 Å². The van der Waals surface area contributed by atoms with Crippen LogP contribution in [0.4, 0.5) is 5.69 Å². The average Bonchev–Trinajstić information content (AvgIpc) is 2.93. The Bertz CT molecular complexity index is 1280. The number of aromatic nitrogens is 2. The van der Waals surface area contributed by atoms with Gasteiger partial charge in [0.05, 0.1) is 16.8 Å². The number of aryl methyl sites for hydroxylation is 1. The van der Waals surface area contributed by atoms with Crippen LogP contribution in [0.1, 0.15) is 36.9 Å². The van der Waals surface area contributed by atoms with Crippen molar-refractivity contribution in [2.24, 2.45) is 0 Å². The van der Waals surface area contributed by atoms with E-state index in [2.05, 4.69) is 10.4 Å². The first-order chi connectivity index (χ1) is 14.3. The quantitative estimate of drug-likeness (QED) is 0.654. The van der Waals surface area contributed by atoms with E-state index in [-0.39, 0.29) is 22.5 Å². The molecule has 150 valence electrons. The van der Waals surface area contributed by atoms with Gasteiger partial charge in [0.1, 0.15) is 0 Å². The number of benzene rings is 2. The molecule has 2 heterocycles. The number of rotatable bonds is 3. The molecular formula is C21H15ClN4O4. The van der Waals surface area contributed by atoms with Gasteiger partial charge in [0.2, 0.25) is 5.43 Å². The van der Waals surface area contributed by atoms with E-state index < -0.39 is 23.2 Å². The molecule has 1 aromatic heterocycles. The molecule has 3 aromatic rings. The summed E-state index contributed by atoms with van der Waals surface area (Å²) in [7, 11) is 1.39. The number of hydrogen-bond donors (Lipinski definition) is 1. The van der Waals surface area contributed by atoms with Gasteiger partial charge < -0.3 is 5.32 Å². The van der Waals surface area contributed by atoms with Crippen LogP contribution in [0.2, 0.25) is 5.02 Å². The number of halogens is 1. The van der Waals surface area contributed by atoms with Crippen molar-refractivity contribution < 1.29 is 14.4 Å². The van der Waals surface area contributed by atoms with E-state index in [1.54, 1.807) is 31.2 Å². The van der Waals surface area contributed by atoms with Crippen LogP contribution in [0, 0.1) is 6.92 Å². The van der Waals surface area contributed by atoms with Crippen molar-refractivity contribution in [1.82, 2.24) is 14.7 Å². The van der Waals surface area contributed by atoms with Crippen LogP contribution in [0.5, 0.6) is 0 Å². The van der Waals surface area contributed by atoms with E-state index in [0.29, 0.717) is 16.4 Å². The van der Waals surface area contributed by atoms with E-state index in [9.17, 15) is 19.2 Å². The number of amides is 3. The van der Waals surface area contributed by atoms with Crippen LogP contribution in [0.15, 0.2) is 53.3 Å². The van der Waals surface area contributed by atoms with Crippen LogP contribution < -0.4 is 10.7 Å². The largest absolute Gasteiger partial charge is 0.320 e. The summed E-state index contributed by atoms with van der Waals surface area (Å²) in [6, 6.07) is 12.5. The Labute approximate surface area is 175 Å². The van der Waals surface area contributed by atoms with Gasteiger partial charge in [-0.2, -0.15) is 5.10 Å². The van der Waals surface area contributed by atoms with Gasteiger partial charge >= 0.3 is 0 Å². The van der Waals surface area contributed by atoms with Crippen LogP contribution in [0.25, 0.3) is 5.69 Å². The third kappa shape index (κ3) is 3.27. The van der Waals surface area contributed by atoms with Gasteiger partial charge in [0, 0.05) is 29.5 Å². The van der Waals surface area contributed by atoms with Gasteiger partial charge in [-0.1, -0.05) is 11.6 Å². The fraction of sp³-hybridized carbons (Fsp3) is 0.0952. The fourth-order valence-corrected chi connectivity index (χ4v) is 3.30. The van der Waals surface area contributed by atoms with Gasteiger partial charge in [-0.15, -0.1) is 0 Å². The molecule has 1 N–H and O–H groups in total. The zero-order chi connectivity index (χ0) is 21.6. The Morgan fingerprint density at radius 1 is 0.967 bits per heavy atom. The average molecular weight is 423 g/mol. The summed E-state index contributed by atoms with van der Waals surface area (Å²) in [6.45, 7) is 1.70. The topological polar surface area (TPSA) is 101 Å². The Hall–Kier alpha value is -3.78. The van der Waals surface area contributed by atoms with Gasteiger partial charge in [-0.05, 0) is 49.4 Å². The molecule has 30 heavy (non-hydrogen) atoms. The second-order valence-corrected chi connectivity index (χ2v) is 7.21. The number of nitrogens with one attached hydrogen (secondary N) is 1. The van der Waals surface area contributed by atoms with E-state index in [1.807, 2.05) is 0 Å². The van der Waals surface area contributed by atoms with Crippen molar-refractivity contribution in [1.29, 1.82) is 0 Å². The zero-order valence-corrected chi connectivity index (χ0v) is 16.7. The highest BCUT2D eigenvalue weighted by molar-refractivity contribution is 6.30. The van der Waals surface area contributed by atoms with Crippen molar-refractivity contribution >= 4 is 35.0 Å². The molecule has 0 bridgehead atoms. The molecule has 0 saturated carbocycles. The van der Waals surface area contributed by atoms with Crippen molar-refractivity contribution in [3.8, 4) is 5.69 Å². The van der Waals surface area contributed by atoms with Crippen molar-refractivity contribution in [3.05, 3.63) is 86.3 Å². The number of hydrogen-bond acceptors (Lipinski definition) is 5. The maximum absolute atomic E-state index is 12.7. The van der Waals surface area contributed by atoms with Crippen molar-refractivity contribution in [3.63, 3.8) is 0 Å². The van der Waals surface area contributed by atoms with Crippen LogP contribution >= 0.6 is 11.6 Å². The molecular weight excluding hydrogens is 408 g/mol. The molecule has 0 aliphatic carbocycles. The number of imide groups is 1. The first kappa shape index (κ1) is 19.5. The molecule has 4 rings (SSSR count). The Balaban J connectivity index is 1.67. The van der Waals surface area contributed by atoms with E-state index in [4.69, 9.17) is 11.6 Å². The van der Waals surface area contributed by atoms with Crippen molar-refractivity contribution in [2.75, 3.05) is 12.4 Å². The molecule has 0 saturated heterocycles. The maximum atomic E-state index is 12.7. The number of nitrogens with zero attached hydrogens (tertiary/aromatic N) is 3. The summed E-state index contributed by atoms with van der Waals surface area (Å²) >= 11 is 5.91. The molecule has 3 amide bonds. The van der Waals surface area contributed by atoms with Gasteiger partial charge in [-0.25, -0.2) is 4.68 Å². The first-order valence-corrected chi connectivity index (χ1v) is 9.29. The monoisotopic (exact) mass is 422 g/mol. The smallest absolute Gasteiger partial charge is 0.280 e. The summed E-state index contributed by atoms with van der Waals surface area (Å²) in [5, 5.41) is 7.31. The van der Waals surface area contributed by atoms with Gasteiger partial charge in [0.15, 0.2) is 5.69 Å². The third-order valence-corrected chi connectivity index (χ3v) is 4.99. The summed E-state index contributed by atoms with van der Waals surface area (Å²) < 4.78 is 1.46. The zero-order valence-electron chi connectivity index (χ0n) is 16.0. The lowest BCUT2D eigenvalue weighted by Crippen LogP contribution is -2.27.